The van der Waals surface area contributed by atoms with Crippen molar-refractivity contribution in [2.45, 2.75) is 19.4 Å². The van der Waals surface area contributed by atoms with E-state index >= 15 is 0 Å². The van der Waals surface area contributed by atoms with Crippen LogP contribution in [0.25, 0.3) is 0 Å². The Balaban J connectivity index is 3.69. The second kappa shape index (κ2) is 4.24. The maximum atomic E-state index is 10.2. The van der Waals surface area contributed by atoms with Crippen molar-refractivity contribution in [3.05, 3.63) is 0 Å². The van der Waals surface area contributed by atoms with Crippen molar-refractivity contribution in [1.82, 2.24) is 0 Å². The van der Waals surface area contributed by atoms with Crippen LogP contribution in [-0.2, 0) is 4.79 Å². The van der Waals surface area contributed by atoms with Gasteiger partial charge in [0.05, 0.1) is 0 Å². The lowest BCUT2D eigenvalue weighted by molar-refractivity contribution is -0.139. The van der Waals surface area contributed by atoms with Crippen molar-refractivity contribution >= 4 is 5.97 Å². The Hall–Kier alpha value is -0.610. The summed E-state index contributed by atoms with van der Waals surface area (Å²) >= 11 is 0. The predicted molar refractivity (Wildman–Crippen MR) is 38.4 cm³/mol. The topological polar surface area (TPSA) is 89.3 Å². The average Bonchev–Trinajstić information content (AvgIpc) is 1.87. The van der Waals surface area contributed by atoms with E-state index in [4.69, 9.17) is 16.6 Å². The van der Waals surface area contributed by atoms with Gasteiger partial charge in [-0.25, -0.2) is 0 Å². The van der Waals surface area contributed by atoms with Gasteiger partial charge in [0.1, 0.15) is 6.04 Å². The third-order valence-electron chi connectivity index (χ3n) is 1.52. The monoisotopic (exact) mass is 146 g/mol. The van der Waals surface area contributed by atoms with Gasteiger partial charge in [0, 0.05) is 0 Å². The van der Waals surface area contributed by atoms with Gasteiger partial charge < -0.3 is 16.6 Å². The third kappa shape index (κ3) is 2.80. The lowest BCUT2D eigenvalue weighted by Crippen LogP contribution is -2.37. The smallest absolute Gasteiger partial charge is 0.320 e. The third-order valence-corrected chi connectivity index (χ3v) is 1.52. The molecule has 2 atom stereocenters. The molecular formula is C6H14N2O2. The van der Waals surface area contributed by atoms with E-state index < -0.39 is 12.0 Å². The first kappa shape index (κ1) is 9.39. The van der Waals surface area contributed by atoms with Gasteiger partial charge in [-0.2, -0.15) is 0 Å². The van der Waals surface area contributed by atoms with Crippen LogP contribution in [0.4, 0.5) is 0 Å². The van der Waals surface area contributed by atoms with E-state index in [-0.39, 0.29) is 5.92 Å². The summed E-state index contributed by atoms with van der Waals surface area (Å²) in [5, 5.41) is 8.41. The zero-order chi connectivity index (χ0) is 8.15. The number of carboxylic acid groups (broad SMARTS) is 1. The van der Waals surface area contributed by atoms with Crippen molar-refractivity contribution in [2.24, 2.45) is 17.4 Å². The molecule has 0 spiro atoms. The molecule has 4 nitrogen and oxygen atoms in total. The van der Waals surface area contributed by atoms with Crippen LogP contribution in [0, 0.1) is 5.92 Å². The minimum atomic E-state index is -0.957. The zero-order valence-electron chi connectivity index (χ0n) is 6.08. The quantitative estimate of drug-likeness (QED) is 0.493. The normalized spacial score (nSPS) is 16.3. The molecule has 60 valence electrons. The van der Waals surface area contributed by atoms with E-state index in [0.717, 1.165) is 0 Å². The van der Waals surface area contributed by atoms with Crippen LogP contribution >= 0.6 is 0 Å². The summed E-state index contributed by atoms with van der Waals surface area (Å²) in [4.78, 5) is 10.2. The average molecular weight is 146 g/mol. The molecule has 0 aliphatic heterocycles. The summed E-state index contributed by atoms with van der Waals surface area (Å²) in [6.07, 6.45) is 0.660. The molecule has 0 amide bonds. The fourth-order valence-electron chi connectivity index (χ4n) is 0.686. The number of hydrogen-bond donors (Lipinski definition) is 3. The molecule has 0 radical (unpaired) electrons. The minimum Gasteiger partial charge on any atom is -0.480 e. The Morgan fingerprint density at radius 3 is 2.50 bits per heavy atom. The molecule has 0 saturated heterocycles. The molecule has 0 fully saturated rings. The summed E-state index contributed by atoms with van der Waals surface area (Å²) in [5.41, 5.74) is 10.5. The van der Waals surface area contributed by atoms with Crippen LogP contribution in [-0.4, -0.2) is 23.7 Å². The fraction of sp³-hybridized carbons (Fsp3) is 0.833. The molecule has 4 heteroatoms. The molecule has 0 aromatic rings. The van der Waals surface area contributed by atoms with E-state index in [1.807, 2.05) is 0 Å². The highest BCUT2D eigenvalue weighted by molar-refractivity contribution is 5.73. The highest BCUT2D eigenvalue weighted by Gasteiger charge is 2.18. The molecule has 0 aliphatic rings. The van der Waals surface area contributed by atoms with Crippen molar-refractivity contribution < 1.29 is 9.90 Å². The molecular weight excluding hydrogens is 132 g/mol. The summed E-state index contributed by atoms with van der Waals surface area (Å²) in [6.45, 7) is 2.27. The van der Waals surface area contributed by atoms with Gasteiger partial charge in [-0.3, -0.25) is 4.79 Å². The Morgan fingerprint density at radius 1 is 1.70 bits per heavy atom. The van der Waals surface area contributed by atoms with Crippen LogP contribution in [0.5, 0.6) is 0 Å². The lowest BCUT2D eigenvalue weighted by Gasteiger charge is -2.13. The van der Waals surface area contributed by atoms with Crippen LogP contribution in [0.1, 0.15) is 13.3 Å². The first-order valence-electron chi connectivity index (χ1n) is 3.28. The highest BCUT2D eigenvalue weighted by Crippen LogP contribution is 2.04. The molecule has 0 unspecified atom stereocenters. The number of hydrogen-bond acceptors (Lipinski definition) is 3. The van der Waals surface area contributed by atoms with Gasteiger partial charge in [-0.05, 0) is 18.9 Å². The van der Waals surface area contributed by atoms with Crippen molar-refractivity contribution in [1.29, 1.82) is 0 Å². The molecule has 0 aromatic heterocycles. The number of rotatable bonds is 4. The molecule has 0 aromatic carbocycles. The molecule has 0 heterocycles. The van der Waals surface area contributed by atoms with Crippen molar-refractivity contribution in [2.75, 3.05) is 6.54 Å². The Bertz CT molecular complexity index is 116. The highest BCUT2D eigenvalue weighted by atomic mass is 16.4. The summed E-state index contributed by atoms with van der Waals surface area (Å²) in [7, 11) is 0. The van der Waals surface area contributed by atoms with Gasteiger partial charge in [0.15, 0.2) is 0 Å². The lowest BCUT2D eigenvalue weighted by atomic mass is 10.00. The molecule has 0 bridgehead atoms. The maximum absolute atomic E-state index is 10.2. The first-order chi connectivity index (χ1) is 4.59. The van der Waals surface area contributed by atoms with Crippen LogP contribution in [0.2, 0.25) is 0 Å². The standard InChI is InChI=1S/C6H14N2O2/c1-4(2-3-7)5(8)6(9)10/h4-5H,2-3,7-8H2,1H3,(H,9,10)/t4-,5+/m0/s1. The summed E-state index contributed by atoms with van der Waals surface area (Å²) < 4.78 is 0. The fourth-order valence-corrected chi connectivity index (χ4v) is 0.686. The second-order valence-electron chi connectivity index (χ2n) is 2.42. The maximum Gasteiger partial charge on any atom is 0.320 e. The largest absolute Gasteiger partial charge is 0.480 e. The van der Waals surface area contributed by atoms with Crippen LogP contribution < -0.4 is 11.5 Å². The van der Waals surface area contributed by atoms with Crippen LogP contribution in [0.3, 0.4) is 0 Å². The number of carboxylic acids is 1. The van der Waals surface area contributed by atoms with Gasteiger partial charge in [0.25, 0.3) is 0 Å². The van der Waals surface area contributed by atoms with Gasteiger partial charge in [-0.15, -0.1) is 0 Å². The SMILES string of the molecule is C[C@@H](CCN)[C@@H](N)C(=O)O. The Kier molecular flexibility index (Phi) is 3.99. The molecule has 5 N–H and O–H groups in total. The number of aliphatic carboxylic acids is 1. The van der Waals surface area contributed by atoms with Gasteiger partial charge in [-0.1, -0.05) is 6.92 Å². The van der Waals surface area contributed by atoms with E-state index in [1.54, 1.807) is 6.92 Å². The van der Waals surface area contributed by atoms with Gasteiger partial charge >= 0.3 is 5.97 Å². The van der Waals surface area contributed by atoms with E-state index in [1.165, 1.54) is 0 Å². The second-order valence-corrected chi connectivity index (χ2v) is 2.42. The molecule has 0 saturated carbocycles. The molecule has 10 heavy (non-hydrogen) atoms. The molecule has 0 rings (SSSR count). The summed E-state index contributed by atoms with van der Waals surface area (Å²) in [6, 6.07) is -0.774. The van der Waals surface area contributed by atoms with Crippen LogP contribution in [0.15, 0.2) is 0 Å². The van der Waals surface area contributed by atoms with Crippen molar-refractivity contribution in [3.8, 4) is 0 Å². The Morgan fingerprint density at radius 2 is 2.20 bits per heavy atom. The number of carbonyl (C=O) groups is 1. The first-order valence-corrected chi connectivity index (χ1v) is 3.28. The minimum absolute atomic E-state index is 0.0394. The van der Waals surface area contributed by atoms with E-state index in [2.05, 4.69) is 0 Å². The zero-order valence-corrected chi connectivity index (χ0v) is 6.08. The van der Waals surface area contributed by atoms with Gasteiger partial charge in [0.2, 0.25) is 0 Å². The van der Waals surface area contributed by atoms with E-state index in [9.17, 15) is 4.79 Å². The summed E-state index contributed by atoms with van der Waals surface area (Å²) in [5.74, 6) is -0.997. The molecule has 0 aliphatic carbocycles. The predicted octanol–water partition coefficient (Wildman–Crippen LogP) is -0.617. The number of nitrogens with two attached hydrogens (primary N) is 2. The Labute approximate surface area is 60.2 Å². The van der Waals surface area contributed by atoms with E-state index in [0.29, 0.717) is 13.0 Å². The van der Waals surface area contributed by atoms with Crippen molar-refractivity contribution in [3.63, 3.8) is 0 Å².